The summed E-state index contributed by atoms with van der Waals surface area (Å²) in [6, 6.07) is 0. The largest absolute Gasteiger partial charge is 0.481 e. The van der Waals surface area contributed by atoms with Gasteiger partial charge in [-0.1, -0.05) is 4.49 Å². The van der Waals surface area contributed by atoms with Gasteiger partial charge in [0.25, 0.3) is 0 Å². The average molecular weight is 278 g/mol. The zero-order chi connectivity index (χ0) is 14.2. The molecule has 0 unspecified atom stereocenters. The van der Waals surface area contributed by atoms with Crippen LogP contribution >= 0.6 is 11.5 Å². The van der Waals surface area contributed by atoms with E-state index in [0.29, 0.717) is 0 Å². The van der Waals surface area contributed by atoms with E-state index < -0.39 is 36.4 Å². The molecule has 1 aromatic heterocycles. The van der Waals surface area contributed by atoms with Gasteiger partial charge in [-0.15, -0.1) is 5.10 Å². The number of carboxylic acids is 3. The lowest BCUT2D eigenvalue weighted by Gasteiger charge is -2.18. The van der Waals surface area contributed by atoms with Crippen molar-refractivity contribution in [2.24, 2.45) is 0 Å². The molecular formula is C8H10N2O7S. The van der Waals surface area contributed by atoms with Gasteiger partial charge in [0.15, 0.2) is 5.60 Å². The maximum Gasteiger partial charge on any atom is 0.336 e. The van der Waals surface area contributed by atoms with E-state index in [9.17, 15) is 14.4 Å². The first-order chi connectivity index (χ1) is 8.28. The third-order valence-electron chi connectivity index (χ3n) is 1.57. The molecule has 10 heteroatoms. The van der Waals surface area contributed by atoms with Crippen molar-refractivity contribution in [3.05, 3.63) is 11.6 Å². The van der Waals surface area contributed by atoms with E-state index in [1.54, 1.807) is 6.20 Å². The summed E-state index contributed by atoms with van der Waals surface area (Å²) < 4.78 is 3.51. The van der Waals surface area contributed by atoms with Crippen LogP contribution in [-0.4, -0.2) is 53.5 Å². The number of nitrogens with zero attached hydrogens (tertiary/aromatic N) is 2. The number of aliphatic carboxylic acids is 3. The maximum absolute atomic E-state index is 10.3. The number of hydrogen-bond acceptors (Lipinski definition) is 7. The lowest BCUT2D eigenvalue weighted by molar-refractivity contribution is -0.170. The molecule has 1 heterocycles. The molecule has 9 nitrogen and oxygen atoms in total. The molecule has 1 rings (SSSR count). The minimum absolute atomic E-state index is 1.14. The van der Waals surface area contributed by atoms with E-state index in [4.69, 9.17) is 20.4 Å². The predicted molar refractivity (Wildman–Crippen MR) is 57.0 cm³/mol. The summed E-state index contributed by atoms with van der Waals surface area (Å²) in [7, 11) is 0. The topological polar surface area (TPSA) is 158 Å². The Balaban J connectivity index is 0.000000473. The Morgan fingerprint density at radius 2 is 1.61 bits per heavy atom. The van der Waals surface area contributed by atoms with Crippen LogP contribution in [0, 0.1) is 0 Å². The Labute approximate surface area is 104 Å². The summed E-state index contributed by atoms with van der Waals surface area (Å²) in [6.07, 6.45) is -0.631. The van der Waals surface area contributed by atoms with Crippen LogP contribution < -0.4 is 0 Å². The molecule has 0 atom stereocenters. The van der Waals surface area contributed by atoms with E-state index in [1.165, 1.54) is 11.5 Å². The molecule has 100 valence electrons. The van der Waals surface area contributed by atoms with Gasteiger partial charge in [0.1, 0.15) is 0 Å². The number of aliphatic hydroxyl groups is 1. The lowest BCUT2D eigenvalue weighted by Crippen LogP contribution is -2.42. The number of hydrogen-bond donors (Lipinski definition) is 4. The fourth-order valence-electron chi connectivity index (χ4n) is 0.850. The molecule has 0 aliphatic heterocycles. The van der Waals surface area contributed by atoms with Crippen molar-refractivity contribution < 1.29 is 34.8 Å². The molecule has 0 radical (unpaired) electrons. The van der Waals surface area contributed by atoms with Gasteiger partial charge in [0.05, 0.1) is 19.0 Å². The highest BCUT2D eigenvalue weighted by Crippen LogP contribution is 2.15. The fourth-order valence-corrected chi connectivity index (χ4v) is 1.12. The smallest absolute Gasteiger partial charge is 0.336 e. The van der Waals surface area contributed by atoms with Crippen molar-refractivity contribution in [1.82, 2.24) is 9.59 Å². The van der Waals surface area contributed by atoms with E-state index >= 15 is 0 Å². The van der Waals surface area contributed by atoms with E-state index in [-0.39, 0.29) is 0 Å². The van der Waals surface area contributed by atoms with Crippen LogP contribution in [0.2, 0.25) is 0 Å². The fraction of sp³-hybridized carbons (Fsp3) is 0.375. The first kappa shape index (κ1) is 15.9. The summed E-state index contributed by atoms with van der Waals surface area (Å²) in [5.74, 6) is -5.02. The van der Waals surface area contributed by atoms with E-state index in [1.807, 2.05) is 5.38 Å². The van der Waals surface area contributed by atoms with Crippen LogP contribution in [0.3, 0.4) is 0 Å². The lowest BCUT2D eigenvalue weighted by atomic mass is 9.96. The van der Waals surface area contributed by atoms with E-state index in [2.05, 4.69) is 9.59 Å². The van der Waals surface area contributed by atoms with Crippen LogP contribution in [0.5, 0.6) is 0 Å². The molecule has 0 aliphatic carbocycles. The molecule has 0 spiro atoms. The van der Waals surface area contributed by atoms with Gasteiger partial charge in [-0.05, 0) is 11.5 Å². The van der Waals surface area contributed by atoms with Crippen LogP contribution in [-0.2, 0) is 14.4 Å². The molecule has 0 aromatic carbocycles. The molecule has 4 N–H and O–H groups in total. The molecule has 0 bridgehead atoms. The zero-order valence-corrected chi connectivity index (χ0v) is 9.70. The van der Waals surface area contributed by atoms with Crippen molar-refractivity contribution >= 4 is 29.4 Å². The van der Waals surface area contributed by atoms with Crippen molar-refractivity contribution in [1.29, 1.82) is 0 Å². The molecule has 0 aliphatic rings. The second-order valence-electron chi connectivity index (χ2n) is 3.07. The van der Waals surface area contributed by atoms with Crippen molar-refractivity contribution in [3.63, 3.8) is 0 Å². The first-order valence-corrected chi connectivity index (χ1v) is 5.22. The summed E-state index contributed by atoms with van der Waals surface area (Å²) >= 11 is 1.35. The zero-order valence-electron chi connectivity index (χ0n) is 8.89. The number of carboxylic acid groups (broad SMARTS) is 3. The summed E-state index contributed by atoms with van der Waals surface area (Å²) in [5, 5.41) is 39.1. The second kappa shape index (κ2) is 7.29. The van der Waals surface area contributed by atoms with E-state index in [0.717, 1.165) is 0 Å². The van der Waals surface area contributed by atoms with Crippen LogP contribution in [0.1, 0.15) is 12.8 Å². The monoisotopic (exact) mass is 278 g/mol. The summed E-state index contributed by atoms with van der Waals surface area (Å²) in [5.41, 5.74) is -2.74. The normalized spacial score (nSPS) is 10.1. The molecule has 0 fully saturated rings. The third-order valence-corrected chi connectivity index (χ3v) is 2.00. The second-order valence-corrected chi connectivity index (χ2v) is 3.71. The first-order valence-electron chi connectivity index (χ1n) is 4.38. The Morgan fingerprint density at radius 3 is 1.78 bits per heavy atom. The SMILES string of the molecule is O=C(O)CC(O)(CC(=O)O)C(=O)O.c1csnn1. The van der Waals surface area contributed by atoms with Crippen LogP contribution in [0.15, 0.2) is 11.6 Å². The highest BCUT2D eigenvalue weighted by molar-refractivity contribution is 7.03. The minimum Gasteiger partial charge on any atom is -0.481 e. The Hall–Kier alpha value is -2.07. The van der Waals surface area contributed by atoms with Gasteiger partial charge in [0, 0.05) is 5.38 Å². The number of rotatable bonds is 5. The molecule has 0 saturated carbocycles. The average Bonchev–Trinajstić information content (AvgIpc) is 2.71. The van der Waals surface area contributed by atoms with Crippen LogP contribution in [0.4, 0.5) is 0 Å². The van der Waals surface area contributed by atoms with Gasteiger partial charge in [-0.25, -0.2) is 4.79 Å². The van der Waals surface area contributed by atoms with Crippen molar-refractivity contribution in [2.75, 3.05) is 0 Å². The summed E-state index contributed by atoms with van der Waals surface area (Å²) in [4.78, 5) is 30.5. The maximum atomic E-state index is 10.3. The van der Waals surface area contributed by atoms with Gasteiger partial charge in [-0.3, -0.25) is 9.59 Å². The number of carbonyl (C=O) groups is 3. The van der Waals surface area contributed by atoms with Crippen LogP contribution in [0.25, 0.3) is 0 Å². The Morgan fingerprint density at radius 1 is 1.11 bits per heavy atom. The number of aromatic nitrogens is 2. The molecule has 0 amide bonds. The van der Waals surface area contributed by atoms with Gasteiger partial charge >= 0.3 is 17.9 Å². The highest BCUT2D eigenvalue weighted by Gasteiger charge is 2.40. The summed E-state index contributed by atoms with van der Waals surface area (Å²) in [6.45, 7) is 0. The molecule has 18 heavy (non-hydrogen) atoms. The Kier molecular flexibility index (Phi) is 6.45. The van der Waals surface area contributed by atoms with Gasteiger partial charge < -0.3 is 20.4 Å². The molecular weight excluding hydrogens is 268 g/mol. The standard InChI is InChI=1S/C6H8O7.C2H2N2S/c7-3(8)1-6(13,5(11)12)2-4(9)10;1-2-5-4-3-1/h13H,1-2H2,(H,7,8)(H,9,10)(H,11,12);1-2H. The predicted octanol–water partition coefficient (Wildman–Crippen LogP) is -0.710. The van der Waals surface area contributed by atoms with Gasteiger partial charge in [-0.2, -0.15) is 0 Å². The molecule has 0 saturated heterocycles. The van der Waals surface area contributed by atoms with Gasteiger partial charge in [0.2, 0.25) is 0 Å². The highest BCUT2D eigenvalue weighted by atomic mass is 32.1. The third kappa shape index (κ3) is 6.50. The van der Waals surface area contributed by atoms with Crippen molar-refractivity contribution in [2.45, 2.75) is 18.4 Å². The minimum atomic E-state index is -2.74. The quantitative estimate of drug-likeness (QED) is 0.545. The Bertz CT molecular complexity index is 372. The van der Waals surface area contributed by atoms with Crippen molar-refractivity contribution in [3.8, 4) is 0 Å². The molecule has 1 aromatic rings.